The van der Waals surface area contributed by atoms with Gasteiger partial charge in [0.2, 0.25) is 0 Å². The van der Waals surface area contributed by atoms with Crippen molar-refractivity contribution in [1.82, 2.24) is 0 Å². The molecule has 0 aliphatic heterocycles. The van der Waals surface area contributed by atoms with Crippen LogP contribution in [0.3, 0.4) is 0 Å². The smallest absolute Gasteiger partial charge is 0.123 e. The van der Waals surface area contributed by atoms with E-state index in [1.54, 1.807) is 12.1 Å². The Morgan fingerprint density at radius 2 is 1.82 bits per heavy atom. The van der Waals surface area contributed by atoms with Gasteiger partial charge in [-0.25, -0.2) is 4.39 Å². The second-order valence-corrected chi connectivity index (χ2v) is 3.37. The Morgan fingerprint density at radius 3 is 2.27 bits per heavy atom. The molecule has 1 fully saturated rings. The van der Waals surface area contributed by atoms with Crippen LogP contribution in [0.2, 0.25) is 0 Å². The molecular formula is C10H11F. The van der Waals surface area contributed by atoms with Crippen molar-refractivity contribution in [3.8, 4) is 0 Å². The molecule has 58 valence electrons. The first kappa shape index (κ1) is 6.84. The normalized spacial score (nSPS) is 28.5. The van der Waals surface area contributed by atoms with Crippen LogP contribution in [0, 0.1) is 11.7 Å². The number of hydrogen-bond donors (Lipinski definition) is 0. The molecule has 11 heavy (non-hydrogen) atoms. The zero-order valence-corrected chi connectivity index (χ0v) is 6.55. The van der Waals surface area contributed by atoms with Gasteiger partial charge in [0.05, 0.1) is 0 Å². The average molecular weight is 150 g/mol. The van der Waals surface area contributed by atoms with Gasteiger partial charge in [-0.05, 0) is 36.0 Å². The fourth-order valence-electron chi connectivity index (χ4n) is 1.50. The lowest BCUT2D eigenvalue weighted by atomic mass is 10.1. The Morgan fingerprint density at radius 1 is 1.27 bits per heavy atom. The summed E-state index contributed by atoms with van der Waals surface area (Å²) in [6.07, 6.45) is 1.27. The molecule has 1 aromatic carbocycles. The van der Waals surface area contributed by atoms with E-state index in [0.29, 0.717) is 5.92 Å². The van der Waals surface area contributed by atoms with E-state index in [1.807, 2.05) is 12.1 Å². The molecule has 1 aromatic rings. The Hall–Kier alpha value is -0.850. The first-order valence-corrected chi connectivity index (χ1v) is 4.03. The molecule has 0 saturated heterocycles. The summed E-state index contributed by atoms with van der Waals surface area (Å²) in [5, 5.41) is 0. The SMILES string of the molecule is CC1CC1c1ccc(F)cc1. The van der Waals surface area contributed by atoms with Crippen LogP contribution in [0.25, 0.3) is 0 Å². The van der Waals surface area contributed by atoms with Gasteiger partial charge in [-0.1, -0.05) is 19.1 Å². The molecule has 0 nitrogen and oxygen atoms in total. The minimum Gasteiger partial charge on any atom is -0.207 e. The Bertz CT molecular complexity index is 250. The van der Waals surface area contributed by atoms with Crippen LogP contribution in [0.5, 0.6) is 0 Å². The largest absolute Gasteiger partial charge is 0.207 e. The summed E-state index contributed by atoms with van der Waals surface area (Å²) >= 11 is 0. The lowest BCUT2D eigenvalue weighted by Gasteiger charge is -1.96. The first-order valence-electron chi connectivity index (χ1n) is 4.03. The quantitative estimate of drug-likeness (QED) is 0.577. The monoisotopic (exact) mass is 150 g/mol. The fraction of sp³-hybridized carbons (Fsp3) is 0.400. The molecular weight excluding hydrogens is 139 g/mol. The van der Waals surface area contributed by atoms with E-state index in [-0.39, 0.29) is 5.82 Å². The van der Waals surface area contributed by atoms with Gasteiger partial charge in [0.15, 0.2) is 0 Å². The van der Waals surface area contributed by atoms with Crippen molar-refractivity contribution in [2.75, 3.05) is 0 Å². The van der Waals surface area contributed by atoms with Gasteiger partial charge in [-0.15, -0.1) is 0 Å². The fourth-order valence-corrected chi connectivity index (χ4v) is 1.50. The average Bonchev–Trinajstić information content (AvgIpc) is 2.69. The molecule has 1 aliphatic carbocycles. The van der Waals surface area contributed by atoms with E-state index in [1.165, 1.54) is 12.0 Å². The Balaban J connectivity index is 2.21. The molecule has 0 radical (unpaired) electrons. The molecule has 0 heterocycles. The molecule has 2 atom stereocenters. The zero-order valence-electron chi connectivity index (χ0n) is 6.55. The summed E-state index contributed by atoms with van der Waals surface area (Å²) in [7, 11) is 0. The van der Waals surface area contributed by atoms with Gasteiger partial charge in [0.25, 0.3) is 0 Å². The molecule has 0 aromatic heterocycles. The topological polar surface area (TPSA) is 0 Å². The van der Waals surface area contributed by atoms with Gasteiger partial charge < -0.3 is 0 Å². The van der Waals surface area contributed by atoms with Crippen molar-refractivity contribution >= 4 is 0 Å². The molecule has 0 bridgehead atoms. The van der Waals surface area contributed by atoms with E-state index in [0.717, 1.165) is 5.92 Å². The van der Waals surface area contributed by atoms with E-state index < -0.39 is 0 Å². The molecule has 0 N–H and O–H groups in total. The summed E-state index contributed by atoms with van der Waals surface area (Å²) < 4.78 is 12.5. The summed E-state index contributed by atoms with van der Waals surface area (Å²) in [5.74, 6) is 1.37. The van der Waals surface area contributed by atoms with Crippen LogP contribution < -0.4 is 0 Å². The summed E-state index contributed by atoms with van der Waals surface area (Å²) in [6.45, 7) is 2.23. The van der Waals surface area contributed by atoms with E-state index >= 15 is 0 Å². The van der Waals surface area contributed by atoms with E-state index in [4.69, 9.17) is 0 Å². The highest BCUT2D eigenvalue weighted by Gasteiger charge is 2.33. The third-order valence-electron chi connectivity index (χ3n) is 2.41. The number of rotatable bonds is 1. The van der Waals surface area contributed by atoms with Crippen molar-refractivity contribution in [2.24, 2.45) is 5.92 Å². The van der Waals surface area contributed by atoms with Gasteiger partial charge in [0, 0.05) is 0 Å². The minimum atomic E-state index is -0.137. The van der Waals surface area contributed by atoms with E-state index in [9.17, 15) is 4.39 Å². The lowest BCUT2D eigenvalue weighted by molar-refractivity contribution is 0.627. The first-order chi connectivity index (χ1) is 5.27. The Kier molecular flexibility index (Phi) is 1.45. The third-order valence-corrected chi connectivity index (χ3v) is 2.41. The molecule has 1 heteroatoms. The summed E-state index contributed by atoms with van der Waals surface area (Å²) in [5.41, 5.74) is 1.29. The highest BCUT2D eigenvalue weighted by atomic mass is 19.1. The lowest BCUT2D eigenvalue weighted by Crippen LogP contribution is -1.80. The highest BCUT2D eigenvalue weighted by molar-refractivity contribution is 5.25. The second kappa shape index (κ2) is 2.33. The molecule has 1 saturated carbocycles. The molecule has 0 spiro atoms. The predicted molar refractivity (Wildman–Crippen MR) is 42.9 cm³/mol. The molecule has 1 aliphatic rings. The number of halogens is 1. The highest BCUT2D eigenvalue weighted by Crippen LogP contribution is 2.46. The number of hydrogen-bond acceptors (Lipinski definition) is 0. The second-order valence-electron chi connectivity index (χ2n) is 3.37. The van der Waals surface area contributed by atoms with Crippen LogP contribution in [0.15, 0.2) is 24.3 Å². The molecule has 0 amide bonds. The van der Waals surface area contributed by atoms with E-state index in [2.05, 4.69) is 6.92 Å². The maximum atomic E-state index is 12.5. The van der Waals surface area contributed by atoms with Crippen LogP contribution in [-0.4, -0.2) is 0 Å². The van der Waals surface area contributed by atoms with Gasteiger partial charge >= 0.3 is 0 Å². The Labute approximate surface area is 66.1 Å². The maximum absolute atomic E-state index is 12.5. The molecule has 2 rings (SSSR count). The van der Waals surface area contributed by atoms with Crippen LogP contribution in [0.4, 0.5) is 4.39 Å². The van der Waals surface area contributed by atoms with Crippen LogP contribution in [0.1, 0.15) is 24.8 Å². The maximum Gasteiger partial charge on any atom is 0.123 e. The summed E-state index contributed by atoms with van der Waals surface area (Å²) in [4.78, 5) is 0. The van der Waals surface area contributed by atoms with Crippen molar-refractivity contribution < 1.29 is 4.39 Å². The van der Waals surface area contributed by atoms with Gasteiger partial charge in [-0.2, -0.15) is 0 Å². The van der Waals surface area contributed by atoms with Crippen molar-refractivity contribution in [3.63, 3.8) is 0 Å². The summed E-state index contributed by atoms with van der Waals surface area (Å²) in [6, 6.07) is 6.87. The van der Waals surface area contributed by atoms with Gasteiger partial charge in [-0.3, -0.25) is 0 Å². The standard InChI is InChI=1S/C10H11F/c1-7-6-10(7)8-2-4-9(11)5-3-8/h2-5,7,10H,6H2,1H3. The van der Waals surface area contributed by atoms with Gasteiger partial charge in [0.1, 0.15) is 5.82 Å². The third kappa shape index (κ3) is 1.28. The van der Waals surface area contributed by atoms with Crippen molar-refractivity contribution in [3.05, 3.63) is 35.6 Å². The van der Waals surface area contributed by atoms with Crippen LogP contribution in [-0.2, 0) is 0 Å². The zero-order chi connectivity index (χ0) is 7.84. The van der Waals surface area contributed by atoms with Crippen molar-refractivity contribution in [1.29, 1.82) is 0 Å². The minimum absolute atomic E-state index is 0.137. The van der Waals surface area contributed by atoms with Crippen molar-refractivity contribution in [2.45, 2.75) is 19.3 Å². The molecule has 2 unspecified atom stereocenters. The van der Waals surface area contributed by atoms with Crippen LogP contribution >= 0.6 is 0 Å². The predicted octanol–water partition coefficient (Wildman–Crippen LogP) is 2.95. The number of benzene rings is 1.